The van der Waals surface area contributed by atoms with Gasteiger partial charge in [-0.3, -0.25) is 4.68 Å². The first-order valence-corrected chi connectivity index (χ1v) is 7.50. The summed E-state index contributed by atoms with van der Waals surface area (Å²) in [6, 6.07) is 0.401. The maximum atomic E-state index is 6.43. The van der Waals surface area contributed by atoms with E-state index in [1.54, 1.807) is 0 Å². The zero-order chi connectivity index (χ0) is 13.8. The number of nitrogens with zero attached hydrogens (tertiary/aromatic N) is 2. The van der Waals surface area contributed by atoms with Crippen LogP contribution in [0.15, 0.2) is 0 Å². The van der Waals surface area contributed by atoms with Crippen LogP contribution in [0.25, 0.3) is 0 Å². The molecule has 0 aliphatic carbocycles. The summed E-state index contributed by atoms with van der Waals surface area (Å²) in [5.74, 6) is 0.565. The molecule has 2 rings (SSSR count). The lowest BCUT2D eigenvalue weighted by molar-refractivity contribution is 0.0402. The van der Waals surface area contributed by atoms with Gasteiger partial charge in [0.05, 0.1) is 23.0 Å². The minimum atomic E-state index is 0.401. The van der Waals surface area contributed by atoms with Gasteiger partial charge in [0, 0.05) is 26.1 Å². The topological polar surface area (TPSA) is 39.1 Å². The Labute approximate surface area is 120 Å². The molecule has 1 aromatic rings. The molecule has 0 amide bonds. The zero-order valence-corrected chi connectivity index (χ0v) is 12.8. The zero-order valence-electron chi connectivity index (χ0n) is 12.1. The molecule has 0 spiro atoms. The standard InChI is InChI=1S/C14H24ClN3O/c1-4-11-14(15)13(18(3)17-11)8-12(16-2)10-6-5-7-19-9-10/h10,12,16H,4-9H2,1-3H3. The highest BCUT2D eigenvalue weighted by atomic mass is 35.5. The van der Waals surface area contributed by atoms with Crippen molar-refractivity contribution < 1.29 is 4.74 Å². The third kappa shape index (κ3) is 3.30. The van der Waals surface area contributed by atoms with Crippen molar-refractivity contribution in [3.05, 3.63) is 16.4 Å². The van der Waals surface area contributed by atoms with E-state index in [1.165, 1.54) is 6.42 Å². The minimum Gasteiger partial charge on any atom is -0.381 e. The Morgan fingerprint density at radius 1 is 1.58 bits per heavy atom. The average molecular weight is 286 g/mol. The van der Waals surface area contributed by atoms with E-state index in [9.17, 15) is 0 Å². The molecule has 1 aliphatic heterocycles. The van der Waals surface area contributed by atoms with E-state index in [2.05, 4.69) is 17.3 Å². The van der Waals surface area contributed by atoms with Crippen molar-refractivity contribution in [3.8, 4) is 0 Å². The highest BCUT2D eigenvalue weighted by Crippen LogP contribution is 2.25. The monoisotopic (exact) mass is 285 g/mol. The van der Waals surface area contributed by atoms with Crippen molar-refractivity contribution in [1.29, 1.82) is 0 Å². The van der Waals surface area contributed by atoms with Crippen LogP contribution in [-0.2, 0) is 24.6 Å². The first-order chi connectivity index (χ1) is 9.17. The largest absolute Gasteiger partial charge is 0.381 e. The molecule has 1 aromatic heterocycles. The van der Waals surface area contributed by atoms with Gasteiger partial charge in [0.1, 0.15) is 0 Å². The Kier molecular flexibility index (Phi) is 5.25. The second kappa shape index (κ2) is 6.73. The van der Waals surface area contributed by atoms with Gasteiger partial charge in [0.2, 0.25) is 0 Å². The number of hydrogen-bond donors (Lipinski definition) is 1. The Balaban J connectivity index is 2.11. The van der Waals surface area contributed by atoms with Gasteiger partial charge in [0.25, 0.3) is 0 Å². The first kappa shape index (κ1) is 14.8. The predicted octanol–water partition coefficient (Wildman–Crippen LogP) is 2.19. The minimum absolute atomic E-state index is 0.401. The number of halogens is 1. The molecule has 1 aliphatic rings. The molecule has 2 unspecified atom stereocenters. The van der Waals surface area contributed by atoms with E-state index in [1.807, 2.05) is 18.8 Å². The maximum Gasteiger partial charge on any atom is 0.0850 e. The summed E-state index contributed by atoms with van der Waals surface area (Å²) in [4.78, 5) is 0. The molecule has 1 saturated heterocycles. The average Bonchev–Trinajstić information content (AvgIpc) is 2.72. The van der Waals surface area contributed by atoms with Crippen molar-refractivity contribution in [2.24, 2.45) is 13.0 Å². The summed E-state index contributed by atoms with van der Waals surface area (Å²) in [6.07, 6.45) is 4.17. The van der Waals surface area contributed by atoms with Crippen molar-refractivity contribution in [2.45, 2.75) is 38.6 Å². The van der Waals surface area contributed by atoms with E-state index in [-0.39, 0.29) is 0 Å². The fourth-order valence-corrected chi connectivity index (χ4v) is 3.21. The number of nitrogens with one attached hydrogen (secondary N) is 1. The first-order valence-electron chi connectivity index (χ1n) is 7.12. The van der Waals surface area contributed by atoms with E-state index in [0.29, 0.717) is 12.0 Å². The lowest BCUT2D eigenvalue weighted by atomic mass is 9.90. The van der Waals surface area contributed by atoms with Crippen molar-refractivity contribution in [1.82, 2.24) is 15.1 Å². The van der Waals surface area contributed by atoms with Crippen molar-refractivity contribution in [3.63, 3.8) is 0 Å². The molecule has 19 heavy (non-hydrogen) atoms. The van der Waals surface area contributed by atoms with Gasteiger partial charge >= 0.3 is 0 Å². The predicted molar refractivity (Wildman–Crippen MR) is 77.7 cm³/mol. The molecule has 5 heteroatoms. The van der Waals surface area contributed by atoms with Gasteiger partial charge in [-0.05, 0) is 32.2 Å². The van der Waals surface area contributed by atoms with Crippen LogP contribution in [0.5, 0.6) is 0 Å². The highest BCUT2D eigenvalue weighted by molar-refractivity contribution is 6.31. The highest BCUT2D eigenvalue weighted by Gasteiger charge is 2.25. The van der Waals surface area contributed by atoms with E-state index in [4.69, 9.17) is 16.3 Å². The van der Waals surface area contributed by atoms with Gasteiger partial charge in [-0.25, -0.2) is 0 Å². The van der Waals surface area contributed by atoms with Gasteiger partial charge in [-0.2, -0.15) is 5.10 Å². The molecule has 1 N–H and O–H groups in total. The maximum absolute atomic E-state index is 6.43. The van der Waals surface area contributed by atoms with Gasteiger partial charge in [-0.1, -0.05) is 18.5 Å². The van der Waals surface area contributed by atoms with Crippen LogP contribution in [-0.4, -0.2) is 36.1 Å². The number of hydrogen-bond acceptors (Lipinski definition) is 3. The van der Waals surface area contributed by atoms with Gasteiger partial charge in [0.15, 0.2) is 0 Å². The number of aromatic nitrogens is 2. The molecule has 2 atom stereocenters. The summed E-state index contributed by atoms with van der Waals surface area (Å²) >= 11 is 6.43. The summed E-state index contributed by atoms with van der Waals surface area (Å²) in [5, 5.41) is 8.74. The Morgan fingerprint density at radius 3 is 2.89 bits per heavy atom. The Bertz CT molecular complexity index is 413. The lowest BCUT2D eigenvalue weighted by Gasteiger charge is -2.30. The second-order valence-electron chi connectivity index (χ2n) is 5.26. The third-order valence-electron chi connectivity index (χ3n) is 4.05. The van der Waals surface area contributed by atoms with Gasteiger partial charge < -0.3 is 10.1 Å². The Morgan fingerprint density at radius 2 is 2.37 bits per heavy atom. The van der Waals surface area contributed by atoms with E-state index in [0.717, 1.165) is 48.9 Å². The smallest absolute Gasteiger partial charge is 0.0850 e. The quantitative estimate of drug-likeness (QED) is 0.901. The fourth-order valence-electron chi connectivity index (χ4n) is 2.84. The molecule has 1 fully saturated rings. The number of rotatable bonds is 5. The van der Waals surface area contributed by atoms with E-state index >= 15 is 0 Å². The molecule has 108 valence electrons. The lowest BCUT2D eigenvalue weighted by Crippen LogP contribution is -2.40. The number of aryl methyl sites for hydroxylation is 2. The molecular formula is C14H24ClN3O. The molecule has 4 nitrogen and oxygen atoms in total. The molecule has 0 aromatic carbocycles. The summed E-state index contributed by atoms with van der Waals surface area (Å²) < 4.78 is 7.52. The number of likely N-dealkylation sites (N-methyl/N-ethyl adjacent to an activating group) is 1. The van der Waals surface area contributed by atoms with Crippen molar-refractivity contribution in [2.75, 3.05) is 20.3 Å². The van der Waals surface area contributed by atoms with Crippen LogP contribution in [0.2, 0.25) is 5.02 Å². The fraction of sp³-hybridized carbons (Fsp3) is 0.786. The molecule has 0 saturated carbocycles. The molecule has 0 radical (unpaired) electrons. The van der Waals surface area contributed by atoms with Crippen LogP contribution < -0.4 is 5.32 Å². The van der Waals surface area contributed by atoms with Crippen molar-refractivity contribution >= 4 is 11.6 Å². The van der Waals surface area contributed by atoms with Crippen LogP contribution in [0.1, 0.15) is 31.2 Å². The van der Waals surface area contributed by atoms with Crippen LogP contribution in [0.3, 0.4) is 0 Å². The second-order valence-corrected chi connectivity index (χ2v) is 5.64. The molecule has 2 heterocycles. The van der Waals surface area contributed by atoms with Crippen LogP contribution >= 0.6 is 11.6 Å². The van der Waals surface area contributed by atoms with Gasteiger partial charge in [-0.15, -0.1) is 0 Å². The Hall–Kier alpha value is -0.580. The summed E-state index contributed by atoms with van der Waals surface area (Å²) in [7, 11) is 3.99. The molecular weight excluding hydrogens is 262 g/mol. The number of ether oxygens (including phenoxy) is 1. The van der Waals surface area contributed by atoms with E-state index < -0.39 is 0 Å². The summed E-state index contributed by atoms with van der Waals surface area (Å²) in [5.41, 5.74) is 2.12. The third-order valence-corrected chi connectivity index (χ3v) is 4.49. The van der Waals surface area contributed by atoms with Crippen LogP contribution in [0.4, 0.5) is 0 Å². The molecule has 0 bridgehead atoms. The van der Waals surface area contributed by atoms with Crippen LogP contribution in [0, 0.1) is 5.92 Å². The summed E-state index contributed by atoms with van der Waals surface area (Å²) in [6.45, 7) is 3.84. The SMILES string of the molecule is CCc1nn(C)c(CC(NC)C2CCCOC2)c1Cl. The normalized spacial score (nSPS) is 21.6.